The van der Waals surface area contributed by atoms with E-state index in [1.54, 1.807) is 0 Å². The third-order valence-electron chi connectivity index (χ3n) is 13.3. The van der Waals surface area contributed by atoms with E-state index in [0.29, 0.717) is 22.2 Å². The van der Waals surface area contributed by atoms with Crippen LogP contribution in [0.4, 0.5) is 4.79 Å². The molecule has 0 aromatic carbocycles. The Morgan fingerprint density at radius 1 is 0.829 bits per heavy atom. The fourth-order valence-corrected chi connectivity index (χ4v) is 11.3. The van der Waals surface area contributed by atoms with E-state index in [0.717, 1.165) is 42.7 Å². The van der Waals surface area contributed by atoms with Gasteiger partial charge >= 0.3 is 6.03 Å². The van der Waals surface area contributed by atoms with Crippen LogP contribution in [0.1, 0.15) is 105 Å². The monoisotopic (exact) mass is 485 g/mol. The molecule has 4 heteroatoms. The Bertz CT molecular complexity index is 809. The third-order valence-corrected chi connectivity index (χ3v) is 13.3. The van der Waals surface area contributed by atoms with Crippen LogP contribution in [0, 0.1) is 51.8 Å². The Balaban J connectivity index is 1.34. The van der Waals surface area contributed by atoms with Crippen molar-refractivity contribution in [2.75, 3.05) is 27.2 Å². The maximum atomic E-state index is 12.9. The molecule has 200 valence electrons. The molecule has 4 unspecified atom stereocenters. The molecule has 9 atom stereocenters. The second kappa shape index (κ2) is 8.91. The predicted molar refractivity (Wildman–Crippen MR) is 145 cm³/mol. The number of likely N-dealkylation sites (N-methyl/N-ethyl adjacent to an activating group) is 1. The molecule has 0 aromatic heterocycles. The standard InChI is InChI=1S/C31H55N3O/c1-21-12-16-30(5)25(28(21,2)3)14-17-29(4)23-13-18-31(33-27(35)32-19-20-34(6)7)15-8-9-24(31)22(23)10-11-26(29)30/h21-26H,8-20H2,1-7H3,(H2,32,33,35)/t21?,22-,23?,24+,25?,26?,29-,30-,31-/m0/s1. The first-order valence-corrected chi connectivity index (χ1v) is 15.1. The minimum Gasteiger partial charge on any atom is -0.337 e. The number of hydrogen-bond acceptors (Lipinski definition) is 2. The Kier molecular flexibility index (Phi) is 6.59. The minimum atomic E-state index is 0.0515. The summed E-state index contributed by atoms with van der Waals surface area (Å²) < 4.78 is 0. The van der Waals surface area contributed by atoms with Gasteiger partial charge in [0.25, 0.3) is 0 Å². The maximum Gasteiger partial charge on any atom is 0.315 e. The van der Waals surface area contributed by atoms with E-state index < -0.39 is 0 Å². The maximum absolute atomic E-state index is 12.9. The number of fused-ring (bicyclic) bond motifs is 7. The lowest BCUT2D eigenvalue weighted by Crippen LogP contribution is -2.65. The van der Waals surface area contributed by atoms with Crippen LogP contribution >= 0.6 is 0 Å². The average molecular weight is 486 g/mol. The van der Waals surface area contributed by atoms with Crippen LogP contribution in [0.25, 0.3) is 0 Å². The molecular formula is C31H55N3O. The van der Waals surface area contributed by atoms with Gasteiger partial charge in [-0.3, -0.25) is 0 Å². The van der Waals surface area contributed by atoms with Gasteiger partial charge in [-0.2, -0.15) is 0 Å². The Morgan fingerprint density at radius 2 is 1.57 bits per heavy atom. The lowest BCUT2D eigenvalue weighted by molar-refractivity contribution is -0.200. The topological polar surface area (TPSA) is 44.4 Å². The highest BCUT2D eigenvalue weighted by molar-refractivity contribution is 5.75. The van der Waals surface area contributed by atoms with Crippen LogP contribution in [0.5, 0.6) is 0 Å². The zero-order valence-electron chi connectivity index (χ0n) is 24.0. The molecular weight excluding hydrogens is 430 g/mol. The van der Waals surface area contributed by atoms with Gasteiger partial charge in [-0.05, 0) is 130 Å². The molecule has 2 amide bonds. The van der Waals surface area contributed by atoms with Gasteiger partial charge in [0.1, 0.15) is 0 Å². The summed E-state index contributed by atoms with van der Waals surface area (Å²) in [6.45, 7) is 14.8. The van der Waals surface area contributed by atoms with Crippen LogP contribution in [-0.4, -0.2) is 43.7 Å². The number of rotatable bonds is 4. The number of carbonyl (C=O) groups excluding carboxylic acids is 1. The largest absolute Gasteiger partial charge is 0.337 e. The van der Waals surface area contributed by atoms with Crippen molar-refractivity contribution in [2.45, 2.75) is 111 Å². The summed E-state index contributed by atoms with van der Waals surface area (Å²) >= 11 is 0. The fraction of sp³-hybridized carbons (Fsp3) is 0.968. The summed E-state index contributed by atoms with van der Waals surface area (Å²) in [7, 11) is 4.12. The highest BCUT2D eigenvalue weighted by Crippen LogP contribution is 2.72. The van der Waals surface area contributed by atoms with E-state index in [1.807, 2.05) is 0 Å². The van der Waals surface area contributed by atoms with Crippen LogP contribution in [0.3, 0.4) is 0 Å². The lowest BCUT2D eigenvalue weighted by atomic mass is 9.36. The number of hydrogen-bond donors (Lipinski definition) is 2. The van der Waals surface area contributed by atoms with E-state index >= 15 is 0 Å². The van der Waals surface area contributed by atoms with Gasteiger partial charge in [-0.15, -0.1) is 0 Å². The molecule has 5 rings (SSSR count). The van der Waals surface area contributed by atoms with E-state index in [1.165, 1.54) is 70.6 Å². The molecule has 5 fully saturated rings. The smallest absolute Gasteiger partial charge is 0.315 e. The molecule has 35 heavy (non-hydrogen) atoms. The molecule has 5 aliphatic carbocycles. The first-order chi connectivity index (χ1) is 16.4. The van der Waals surface area contributed by atoms with E-state index in [-0.39, 0.29) is 11.6 Å². The second-order valence-corrected chi connectivity index (χ2v) is 15.1. The van der Waals surface area contributed by atoms with Crippen molar-refractivity contribution in [1.29, 1.82) is 0 Å². The van der Waals surface area contributed by atoms with Gasteiger partial charge in [-0.25, -0.2) is 4.79 Å². The lowest BCUT2D eigenvalue weighted by Gasteiger charge is -2.69. The summed E-state index contributed by atoms with van der Waals surface area (Å²) in [5, 5.41) is 6.73. The normalized spacial score (nSPS) is 48.3. The Hall–Kier alpha value is -0.770. The van der Waals surface area contributed by atoms with Gasteiger partial charge in [0.05, 0.1) is 0 Å². The molecule has 0 aromatic rings. The number of nitrogens with one attached hydrogen (secondary N) is 2. The summed E-state index contributed by atoms with van der Waals surface area (Å²) in [4.78, 5) is 15.1. The van der Waals surface area contributed by atoms with Gasteiger partial charge in [-0.1, -0.05) is 41.0 Å². The molecule has 0 bridgehead atoms. The molecule has 0 saturated heterocycles. The van der Waals surface area contributed by atoms with Crippen LogP contribution in [0.2, 0.25) is 0 Å². The zero-order chi connectivity index (χ0) is 25.2. The van der Waals surface area contributed by atoms with E-state index in [9.17, 15) is 4.79 Å². The summed E-state index contributed by atoms with van der Waals surface area (Å²) in [6.07, 6.45) is 14.9. The molecule has 2 N–H and O–H groups in total. The molecule has 5 saturated carbocycles. The van der Waals surface area contributed by atoms with Gasteiger partial charge in [0.2, 0.25) is 0 Å². The van der Waals surface area contributed by atoms with Crippen molar-refractivity contribution in [1.82, 2.24) is 15.5 Å². The van der Waals surface area contributed by atoms with Crippen LogP contribution in [0.15, 0.2) is 0 Å². The third kappa shape index (κ3) is 3.98. The Labute approximate surface area is 216 Å². The van der Waals surface area contributed by atoms with Crippen LogP contribution in [-0.2, 0) is 0 Å². The van der Waals surface area contributed by atoms with Crippen molar-refractivity contribution in [3.05, 3.63) is 0 Å². The van der Waals surface area contributed by atoms with Crippen LogP contribution < -0.4 is 10.6 Å². The average Bonchev–Trinajstić information content (AvgIpc) is 3.20. The summed E-state index contributed by atoms with van der Waals surface area (Å²) in [6, 6.07) is 0.0728. The van der Waals surface area contributed by atoms with Crippen molar-refractivity contribution in [3.8, 4) is 0 Å². The summed E-state index contributed by atoms with van der Waals surface area (Å²) in [5.41, 5.74) is 1.54. The number of urea groups is 1. The van der Waals surface area contributed by atoms with E-state index in [2.05, 4.69) is 64.2 Å². The molecule has 0 aliphatic heterocycles. The van der Waals surface area contributed by atoms with Crippen molar-refractivity contribution in [3.63, 3.8) is 0 Å². The van der Waals surface area contributed by atoms with E-state index in [4.69, 9.17) is 0 Å². The highest BCUT2D eigenvalue weighted by atomic mass is 16.2. The van der Waals surface area contributed by atoms with Crippen molar-refractivity contribution < 1.29 is 4.79 Å². The van der Waals surface area contributed by atoms with Gasteiger partial charge in [0.15, 0.2) is 0 Å². The molecule has 0 heterocycles. The Morgan fingerprint density at radius 3 is 2.31 bits per heavy atom. The summed E-state index contributed by atoms with van der Waals surface area (Å²) in [5.74, 6) is 4.98. The number of amides is 2. The molecule has 0 spiro atoms. The van der Waals surface area contributed by atoms with Crippen molar-refractivity contribution in [2.24, 2.45) is 51.8 Å². The first kappa shape index (κ1) is 25.9. The number of carbonyl (C=O) groups is 1. The molecule has 0 radical (unpaired) electrons. The quantitative estimate of drug-likeness (QED) is 0.465. The van der Waals surface area contributed by atoms with Gasteiger partial charge in [0, 0.05) is 18.6 Å². The first-order valence-electron chi connectivity index (χ1n) is 15.1. The van der Waals surface area contributed by atoms with Crippen molar-refractivity contribution >= 4 is 6.03 Å². The van der Waals surface area contributed by atoms with Gasteiger partial charge < -0.3 is 15.5 Å². The number of nitrogens with zero attached hydrogens (tertiary/aromatic N) is 1. The highest BCUT2D eigenvalue weighted by Gasteiger charge is 2.66. The fourth-order valence-electron chi connectivity index (χ4n) is 11.3. The predicted octanol–water partition coefficient (Wildman–Crippen LogP) is 6.70. The second-order valence-electron chi connectivity index (χ2n) is 15.1. The molecule has 4 nitrogen and oxygen atoms in total. The SMILES string of the molecule is CC1CC[C@@]2(C)C(CC[C@@]3(C)C4CC[C@@]5(NC(=O)NCCN(C)C)CCC[C@@H]5[C@H]4CCC32)C1(C)C. The minimum absolute atomic E-state index is 0.0515. The molecule has 5 aliphatic rings. The zero-order valence-corrected chi connectivity index (χ0v) is 24.0.